The summed E-state index contributed by atoms with van der Waals surface area (Å²) < 4.78 is 12.0. The van der Waals surface area contributed by atoms with Gasteiger partial charge in [0, 0.05) is 23.8 Å². The summed E-state index contributed by atoms with van der Waals surface area (Å²) in [6.45, 7) is 2.82. The van der Waals surface area contributed by atoms with E-state index in [0.717, 1.165) is 5.56 Å². The van der Waals surface area contributed by atoms with Gasteiger partial charge in [-0.15, -0.1) is 10.2 Å². The predicted molar refractivity (Wildman–Crippen MR) is 103 cm³/mol. The molecule has 0 fully saturated rings. The van der Waals surface area contributed by atoms with Crippen molar-refractivity contribution in [2.75, 3.05) is 24.8 Å². The van der Waals surface area contributed by atoms with E-state index >= 15 is 0 Å². The molecule has 0 saturated carbocycles. The van der Waals surface area contributed by atoms with Gasteiger partial charge in [0.25, 0.3) is 0 Å². The molecule has 0 radical (unpaired) electrons. The lowest BCUT2D eigenvalue weighted by Crippen LogP contribution is -2.15. The molecular weight excluding hydrogens is 390 g/mol. The van der Waals surface area contributed by atoms with Crippen LogP contribution in [0.1, 0.15) is 5.76 Å². The number of nitrogens with zero attached hydrogens (tertiary/aromatic N) is 4. The first-order valence-electron chi connectivity index (χ1n) is 8.11. The minimum atomic E-state index is -0.206. The van der Waals surface area contributed by atoms with Crippen LogP contribution < -0.4 is 5.32 Å². The molecule has 0 aliphatic rings. The Labute approximate surface area is 165 Å². The van der Waals surface area contributed by atoms with E-state index in [-0.39, 0.29) is 11.7 Å². The molecule has 0 saturated heterocycles. The highest BCUT2D eigenvalue weighted by atomic mass is 35.5. The zero-order valence-electron chi connectivity index (χ0n) is 14.8. The first kappa shape index (κ1) is 19.4. The van der Waals surface area contributed by atoms with Crippen molar-refractivity contribution in [1.29, 1.82) is 0 Å². The van der Waals surface area contributed by atoms with Crippen molar-refractivity contribution in [2.45, 2.75) is 18.6 Å². The highest BCUT2D eigenvalue weighted by molar-refractivity contribution is 7.99. The first-order chi connectivity index (χ1) is 13.1. The fourth-order valence-electron chi connectivity index (χ4n) is 2.33. The molecule has 0 unspecified atom stereocenters. The van der Waals surface area contributed by atoms with Crippen LogP contribution in [0.3, 0.4) is 0 Å². The third-order valence-corrected chi connectivity index (χ3v) is 4.78. The number of hydrogen-bond acceptors (Lipinski definition) is 7. The van der Waals surface area contributed by atoms with E-state index in [0.29, 0.717) is 40.7 Å². The van der Waals surface area contributed by atoms with Gasteiger partial charge < -0.3 is 14.6 Å². The monoisotopic (exact) mass is 407 g/mol. The summed E-state index contributed by atoms with van der Waals surface area (Å²) in [4.78, 5) is 12.1. The molecule has 3 aromatic rings. The Bertz CT molecular complexity index is 910. The van der Waals surface area contributed by atoms with Gasteiger partial charge in [0.2, 0.25) is 5.91 Å². The predicted octanol–water partition coefficient (Wildman–Crippen LogP) is 3.27. The van der Waals surface area contributed by atoms with Crippen LogP contribution in [-0.4, -0.2) is 45.3 Å². The molecule has 2 aromatic heterocycles. The summed E-state index contributed by atoms with van der Waals surface area (Å²) in [7, 11) is 1.63. The normalized spacial score (nSPS) is 10.9. The Morgan fingerprint density at radius 1 is 1.33 bits per heavy atom. The quantitative estimate of drug-likeness (QED) is 0.572. The Hall–Kier alpha value is -2.36. The molecule has 27 heavy (non-hydrogen) atoms. The van der Waals surface area contributed by atoms with Gasteiger partial charge in [0.1, 0.15) is 5.76 Å². The molecule has 10 heteroatoms. The van der Waals surface area contributed by atoms with Gasteiger partial charge in [-0.1, -0.05) is 28.5 Å². The highest BCUT2D eigenvalue weighted by Gasteiger charge is 2.16. The number of carbonyl (C=O) groups excluding carboxylic acids is 1. The minimum Gasteiger partial charge on any atom is -0.383 e. The molecule has 1 amide bonds. The first-order valence-corrected chi connectivity index (χ1v) is 9.47. The van der Waals surface area contributed by atoms with Crippen LogP contribution in [0.5, 0.6) is 0 Å². The summed E-state index contributed by atoms with van der Waals surface area (Å²) >= 11 is 7.24. The number of rotatable bonds is 8. The van der Waals surface area contributed by atoms with Crippen LogP contribution in [0.4, 0.5) is 5.82 Å². The Morgan fingerprint density at radius 3 is 2.78 bits per heavy atom. The molecule has 1 N–H and O–H groups in total. The maximum absolute atomic E-state index is 12.1. The second-order valence-corrected chi connectivity index (χ2v) is 7.00. The molecule has 0 aliphatic heterocycles. The number of ether oxygens (including phenoxy) is 1. The number of halogens is 1. The zero-order valence-corrected chi connectivity index (χ0v) is 16.4. The molecule has 8 nitrogen and oxygen atoms in total. The standard InChI is InChI=1S/C17H18ClN5O3S/c1-11-9-14(22-26-11)19-15(24)10-27-17-21-20-16(23(17)7-8-25-2)12-3-5-13(18)6-4-12/h3-6,9H,7-8,10H2,1-2H3,(H,19,22,24). The summed E-state index contributed by atoms with van der Waals surface area (Å²) in [5.74, 6) is 1.67. The van der Waals surface area contributed by atoms with Gasteiger partial charge in [0.05, 0.1) is 18.9 Å². The van der Waals surface area contributed by atoms with Crippen LogP contribution in [0.2, 0.25) is 5.02 Å². The molecule has 0 aliphatic carbocycles. The number of thioether (sulfide) groups is 1. The van der Waals surface area contributed by atoms with E-state index in [9.17, 15) is 4.79 Å². The molecule has 0 atom stereocenters. The van der Waals surface area contributed by atoms with E-state index in [1.54, 1.807) is 32.2 Å². The van der Waals surface area contributed by atoms with Crippen LogP contribution in [-0.2, 0) is 16.1 Å². The van der Waals surface area contributed by atoms with Crippen molar-refractivity contribution < 1.29 is 14.1 Å². The van der Waals surface area contributed by atoms with Gasteiger partial charge in [-0.3, -0.25) is 9.36 Å². The van der Waals surface area contributed by atoms with Gasteiger partial charge >= 0.3 is 0 Å². The van der Waals surface area contributed by atoms with E-state index in [1.165, 1.54) is 11.8 Å². The second kappa shape index (κ2) is 9.03. The van der Waals surface area contributed by atoms with Crippen LogP contribution in [0, 0.1) is 6.92 Å². The maximum atomic E-state index is 12.1. The molecule has 142 valence electrons. The SMILES string of the molecule is COCCn1c(SCC(=O)Nc2cc(C)on2)nnc1-c1ccc(Cl)cc1. The molecule has 3 rings (SSSR count). The van der Waals surface area contributed by atoms with Crippen LogP contribution in [0.15, 0.2) is 40.0 Å². The number of aromatic nitrogens is 4. The molecule has 2 heterocycles. The number of hydrogen-bond donors (Lipinski definition) is 1. The molecule has 0 spiro atoms. The lowest BCUT2D eigenvalue weighted by molar-refractivity contribution is -0.113. The minimum absolute atomic E-state index is 0.164. The fraction of sp³-hybridized carbons (Fsp3) is 0.294. The van der Waals surface area contributed by atoms with E-state index in [4.69, 9.17) is 20.9 Å². The third kappa shape index (κ3) is 5.09. The van der Waals surface area contributed by atoms with Crippen molar-refractivity contribution in [3.8, 4) is 11.4 Å². The Balaban J connectivity index is 1.72. The highest BCUT2D eigenvalue weighted by Crippen LogP contribution is 2.25. The molecule has 0 bridgehead atoms. The Morgan fingerprint density at radius 2 is 2.11 bits per heavy atom. The number of aryl methyl sites for hydroxylation is 1. The largest absolute Gasteiger partial charge is 0.383 e. The van der Waals surface area contributed by atoms with Gasteiger partial charge in [-0.2, -0.15) is 0 Å². The van der Waals surface area contributed by atoms with Gasteiger partial charge in [-0.25, -0.2) is 0 Å². The number of methoxy groups -OCH3 is 1. The fourth-order valence-corrected chi connectivity index (χ4v) is 3.22. The number of nitrogens with one attached hydrogen (secondary N) is 1. The average molecular weight is 408 g/mol. The van der Waals surface area contributed by atoms with Crippen LogP contribution in [0.25, 0.3) is 11.4 Å². The Kier molecular flexibility index (Phi) is 6.49. The third-order valence-electron chi connectivity index (χ3n) is 3.57. The van der Waals surface area contributed by atoms with Crippen molar-refractivity contribution >= 4 is 35.1 Å². The zero-order chi connectivity index (χ0) is 19.2. The summed E-state index contributed by atoms with van der Waals surface area (Å²) in [5, 5.41) is 16.2. The summed E-state index contributed by atoms with van der Waals surface area (Å²) in [5.41, 5.74) is 0.886. The average Bonchev–Trinajstić information content (AvgIpc) is 3.24. The second-order valence-electron chi connectivity index (χ2n) is 5.62. The van der Waals surface area contributed by atoms with Gasteiger partial charge in [-0.05, 0) is 31.2 Å². The van der Waals surface area contributed by atoms with Crippen molar-refractivity contribution in [2.24, 2.45) is 0 Å². The number of carbonyl (C=O) groups is 1. The number of anilines is 1. The molecule has 1 aromatic carbocycles. The molecular formula is C17H18ClN5O3S. The van der Waals surface area contributed by atoms with Gasteiger partial charge in [0.15, 0.2) is 16.8 Å². The number of benzene rings is 1. The van der Waals surface area contributed by atoms with E-state index in [1.807, 2.05) is 16.7 Å². The summed E-state index contributed by atoms with van der Waals surface area (Å²) in [6.07, 6.45) is 0. The van der Waals surface area contributed by atoms with Crippen molar-refractivity contribution in [3.05, 3.63) is 41.1 Å². The topological polar surface area (TPSA) is 95.1 Å². The van der Waals surface area contributed by atoms with E-state index in [2.05, 4.69) is 20.7 Å². The lowest BCUT2D eigenvalue weighted by Gasteiger charge is -2.09. The van der Waals surface area contributed by atoms with Crippen molar-refractivity contribution in [1.82, 2.24) is 19.9 Å². The smallest absolute Gasteiger partial charge is 0.236 e. The van der Waals surface area contributed by atoms with Crippen molar-refractivity contribution in [3.63, 3.8) is 0 Å². The maximum Gasteiger partial charge on any atom is 0.236 e. The number of amides is 1. The van der Waals surface area contributed by atoms with E-state index < -0.39 is 0 Å². The van der Waals surface area contributed by atoms with Crippen LogP contribution >= 0.6 is 23.4 Å². The lowest BCUT2D eigenvalue weighted by atomic mass is 10.2. The summed E-state index contributed by atoms with van der Waals surface area (Å²) in [6, 6.07) is 9.01.